The number of nitrogens with zero attached hydrogens (tertiary/aromatic N) is 4. The first-order valence-corrected chi connectivity index (χ1v) is 11.9. The fourth-order valence-electron chi connectivity index (χ4n) is 4.99. The van der Waals surface area contributed by atoms with Crippen molar-refractivity contribution in [2.24, 2.45) is 0 Å². The van der Waals surface area contributed by atoms with E-state index in [0.717, 1.165) is 50.0 Å². The monoisotopic (exact) mass is 415 g/mol. The van der Waals surface area contributed by atoms with Gasteiger partial charge < -0.3 is 10.2 Å². The van der Waals surface area contributed by atoms with E-state index in [4.69, 9.17) is 9.97 Å². The minimum absolute atomic E-state index is 0.385. The minimum atomic E-state index is 0.385. The van der Waals surface area contributed by atoms with Crippen LogP contribution in [0.1, 0.15) is 44.1 Å². The Morgan fingerprint density at radius 3 is 2.42 bits per heavy atom. The van der Waals surface area contributed by atoms with Crippen molar-refractivity contribution in [1.82, 2.24) is 14.9 Å². The number of aromatic nitrogens is 2. The number of fused-ring (bicyclic) bond motifs is 1. The third kappa shape index (κ3) is 4.99. The molecular formula is C26H33N5. The van der Waals surface area contributed by atoms with Crippen LogP contribution < -0.4 is 10.2 Å². The van der Waals surface area contributed by atoms with Crippen molar-refractivity contribution < 1.29 is 0 Å². The zero-order valence-corrected chi connectivity index (χ0v) is 18.3. The van der Waals surface area contributed by atoms with Gasteiger partial charge in [-0.25, -0.2) is 4.98 Å². The molecule has 0 radical (unpaired) electrons. The number of piperidine rings is 1. The fourth-order valence-corrected chi connectivity index (χ4v) is 4.99. The summed E-state index contributed by atoms with van der Waals surface area (Å²) in [6.45, 7) is 5.38. The van der Waals surface area contributed by atoms with Crippen LogP contribution in [0, 0.1) is 0 Å². The lowest BCUT2D eigenvalue weighted by Crippen LogP contribution is -2.42. The number of likely N-dealkylation sites (tertiary alicyclic amines) is 1. The van der Waals surface area contributed by atoms with Gasteiger partial charge in [0, 0.05) is 37.6 Å². The highest BCUT2D eigenvalue weighted by molar-refractivity contribution is 5.90. The Morgan fingerprint density at radius 1 is 0.806 bits per heavy atom. The molecule has 1 unspecified atom stereocenters. The van der Waals surface area contributed by atoms with Gasteiger partial charge in [0.2, 0.25) is 5.95 Å². The first kappa shape index (κ1) is 20.3. The van der Waals surface area contributed by atoms with E-state index in [1.54, 1.807) is 0 Å². The van der Waals surface area contributed by atoms with Crippen molar-refractivity contribution in [3.05, 3.63) is 60.2 Å². The second-order valence-corrected chi connectivity index (χ2v) is 8.99. The van der Waals surface area contributed by atoms with Gasteiger partial charge in [-0.15, -0.1) is 0 Å². The van der Waals surface area contributed by atoms with Crippen LogP contribution in [0.5, 0.6) is 0 Å². The summed E-state index contributed by atoms with van der Waals surface area (Å²) in [5.74, 6) is 1.89. The van der Waals surface area contributed by atoms with E-state index in [1.165, 1.54) is 49.5 Å². The molecule has 0 aliphatic carbocycles. The highest BCUT2D eigenvalue weighted by Crippen LogP contribution is 2.28. The van der Waals surface area contributed by atoms with Crippen molar-refractivity contribution in [2.75, 3.05) is 36.4 Å². The number of nitrogens with one attached hydrogen (secondary N) is 1. The molecule has 2 aliphatic heterocycles. The summed E-state index contributed by atoms with van der Waals surface area (Å²) in [5.41, 5.74) is 2.42. The van der Waals surface area contributed by atoms with Gasteiger partial charge in [0.1, 0.15) is 5.82 Å². The van der Waals surface area contributed by atoms with Crippen molar-refractivity contribution in [3.63, 3.8) is 0 Å². The Hall–Kier alpha value is -2.66. The van der Waals surface area contributed by atoms with Crippen LogP contribution in [0.3, 0.4) is 0 Å². The Balaban J connectivity index is 1.35. The topological polar surface area (TPSA) is 44.3 Å². The Bertz CT molecular complexity index is 982. The van der Waals surface area contributed by atoms with E-state index in [2.05, 4.69) is 69.7 Å². The zero-order valence-electron chi connectivity index (χ0n) is 18.3. The van der Waals surface area contributed by atoms with Crippen LogP contribution in [-0.4, -0.2) is 47.1 Å². The number of para-hydroxylation sites is 1. The van der Waals surface area contributed by atoms with Crippen LogP contribution in [0.2, 0.25) is 0 Å². The number of hydrogen-bond acceptors (Lipinski definition) is 5. The molecule has 1 N–H and O–H groups in total. The summed E-state index contributed by atoms with van der Waals surface area (Å²) >= 11 is 0. The molecule has 1 atom stereocenters. The van der Waals surface area contributed by atoms with Crippen LogP contribution in [0.25, 0.3) is 10.9 Å². The van der Waals surface area contributed by atoms with Gasteiger partial charge in [-0.2, -0.15) is 4.98 Å². The molecule has 0 amide bonds. The second kappa shape index (κ2) is 9.65. The zero-order chi connectivity index (χ0) is 20.9. The molecule has 0 bridgehead atoms. The third-order valence-electron chi connectivity index (χ3n) is 6.58. The Labute approximate surface area is 185 Å². The van der Waals surface area contributed by atoms with Gasteiger partial charge in [0.15, 0.2) is 0 Å². The van der Waals surface area contributed by atoms with Gasteiger partial charge in [0.05, 0.1) is 5.52 Å². The van der Waals surface area contributed by atoms with Gasteiger partial charge in [0.25, 0.3) is 0 Å². The third-order valence-corrected chi connectivity index (χ3v) is 6.58. The van der Waals surface area contributed by atoms with E-state index in [-0.39, 0.29) is 0 Å². The minimum Gasteiger partial charge on any atom is -0.356 e. The van der Waals surface area contributed by atoms with Crippen molar-refractivity contribution in [3.8, 4) is 0 Å². The molecule has 5 heteroatoms. The summed E-state index contributed by atoms with van der Waals surface area (Å²) in [6, 6.07) is 19.6. The van der Waals surface area contributed by atoms with Crippen LogP contribution in [0.15, 0.2) is 54.6 Å². The molecule has 2 saturated heterocycles. The maximum Gasteiger partial charge on any atom is 0.225 e. The fraction of sp³-hybridized carbons (Fsp3) is 0.462. The first-order valence-electron chi connectivity index (χ1n) is 11.9. The van der Waals surface area contributed by atoms with Gasteiger partial charge in [-0.1, -0.05) is 55.3 Å². The molecule has 2 aliphatic rings. The SMILES string of the molecule is c1ccc(CN2CCCC(Nc3nc(N4CCCCCC4)c4ccccc4n3)C2)cc1. The van der Waals surface area contributed by atoms with Gasteiger partial charge >= 0.3 is 0 Å². The number of rotatable bonds is 5. The standard InChI is InChI=1S/C26H33N5/c1-2-9-18-31(17-8-1)25-23-14-6-7-15-24(23)28-26(29-25)27-22-13-10-16-30(20-22)19-21-11-4-3-5-12-21/h3-7,11-12,14-15,22H,1-2,8-10,13,16-20H2,(H,27,28,29). The molecule has 3 aromatic rings. The molecule has 0 spiro atoms. The van der Waals surface area contributed by atoms with Crippen molar-refractivity contribution in [2.45, 2.75) is 51.1 Å². The van der Waals surface area contributed by atoms with Crippen LogP contribution >= 0.6 is 0 Å². The predicted octanol–water partition coefficient (Wildman–Crippen LogP) is 5.09. The summed E-state index contributed by atoms with van der Waals surface area (Å²) in [5, 5.41) is 4.86. The number of anilines is 2. The van der Waals surface area contributed by atoms with E-state index in [9.17, 15) is 0 Å². The van der Waals surface area contributed by atoms with E-state index in [0.29, 0.717) is 6.04 Å². The van der Waals surface area contributed by atoms with Crippen LogP contribution in [-0.2, 0) is 6.54 Å². The summed E-state index contributed by atoms with van der Waals surface area (Å²) in [6.07, 6.45) is 7.52. The Kier molecular flexibility index (Phi) is 6.30. The van der Waals surface area contributed by atoms with E-state index in [1.807, 2.05) is 0 Å². The lowest BCUT2D eigenvalue weighted by molar-refractivity contribution is 0.208. The average Bonchev–Trinajstić information content (AvgIpc) is 3.09. The maximum atomic E-state index is 5.05. The summed E-state index contributed by atoms with van der Waals surface area (Å²) in [7, 11) is 0. The molecule has 3 heterocycles. The van der Waals surface area contributed by atoms with Crippen molar-refractivity contribution >= 4 is 22.7 Å². The van der Waals surface area contributed by atoms with Gasteiger partial charge in [-0.05, 0) is 49.9 Å². The summed E-state index contributed by atoms with van der Waals surface area (Å²) < 4.78 is 0. The largest absolute Gasteiger partial charge is 0.356 e. The molecule has 2 fully saturated rings. The molecule has 0 saturated carbocycles. The first-order chi connectivity index (χ1) is 15.3. The molecule has 1 aromatic heterocycles. The maximum absolute atomic E-state index is 5.05. The summed E-state index contributed by atoms with van der Waals surface area (Å²) in [4.78, 5) is 15.0. The molecule has 5 rings (SSSR count). The lowest BCUT2D eigenvalue weighted by Gasteiger charge is -2.33. The quantitative estimate of drug-likeness (QED) is 0.629. The molecule has 2 aromatic carbocycles. The molecule has 31 heavy (non-hydrogen) atoms. The van der Waals surface area contributed by atoms with Crippen LogP contribution in [0.4, 0.5) is 11.8 Å². The normalized spacial score (nSPS) is 20.5. The molecular weight excluding hydrogens is 382 g/mol. The lowest BCUT2D eigenvalue weighted by atomic mass is 10.0. The van der Waals surface area contributed by atoms with E-state index >= 15 is 0 Å². The van der Waals surface area contributed by atoms with Gasteiger partial charge in [-0.3, -0.25) is 4.90 Å². The number of benzene rings is 2. The van der Waals surface area contributed by atoms with Crippen molar-refractivity contribution in [1.29, 1.82) is 0 Å². The highest BCUT2D eigenvalue weighted by atomic mass is 15.2. The Morgan fingerprint density at radius 2 is 1.58 bits per heavy atom. The highest BCUT2D eigenvalue weighted by Gasteiger charge is 2.22. The molecule has 5 nitrogen and oxygen atoms in total. The predicted molar refractivity (Wildman–Crippen MR) is 129 cm³/mol. The molecule has 162 valence electrons. The second-order valence-electron chi connectivity index (χ2n) is 8.99. The van der Waals surface area contributed by atoms with E-state index < -0.39 is 0 Å². The average molecular weight is 416 g/mol. The number of hydrogen-bond donors (Lipinski definition) is 1. The smallest absolute Gasteiger partial charge is 0.225 e.